The van der Waals surface area contributed by atoms with Crippen LogP contribution in [0.25, 0.3) is 0 Å². The summed E-state index contributed by atoms with van der Waals surface area (Å²) in [4.78, 5) is 26.8. The summed E-state index contributed by atoms with van der Waals surface area (Å²) in [5.74, 6) is 0.0231. The standard InChI is InChI=1S/C40H80NO4/c1-7-9-11-13-15-17-19-21-23-25-27-29-31-33-37(44)39(35(3)42)41(5,6)40(36(4)43)38(45)34-32-30-28-26-24-22-20-18-16-14-12-10-8-2/h35-36,39-40,42-43H,7-34H2,1-6H3/q+1. The first-order chi connectivity index (χ1) is 21.6. The zero-order chi connectivity index (χ0) is 33.8. The molecule has 0 bridgehead atoms. The minimum Gasteiger partial charge on any atom is -0.387 e. The molecule has 4 unspecified atom stereocenters. The minimum absolute atomic E-state index is 0.0116. The Labute approximate surface area is 281 Å². The second kappa shape index (κ2) is 29.4. The van der Waals surface area contributed by atoms with Crippen molar-refractivity contribution in [3.05, 3.63) is 0 Å². The van der Waals surface area contributed by atoms with Gasteiger partial charge in [-0.25, -0.2) is 0 Å². The Hall–Kier alpha value is -0.780. The molecule has 0 heterocycles. The van der Waals surface area contributed by atoms with Crippen molar-refractivity contribution >= 4 is 11.6 Å². The van der Waals surface area contributed by atoms with E-state index in [4.69, 9.17) is 0 Å². The van der Waals surface area contributed by atoms with Gasteiger partial charge in [-0.2, -0.15) is 0 Å². The molecule has 0 spiro atoms. The molecule has 4 atom stereocenters. The molecular weight excluding hydrogens is 558 g/mol. The van der Waals surface area contributed by atoms with Gasteiger partial charge in [-0.05, 0) is 26.7 Å². The van der Waals surface area contributed by atoms with E-state index in [0.29, 0.717) is 12.8 Å². The Morgan fingerprint density at radius 2 is 0.622 bits per heavy atom. The highest BCUT2D eigenvalue weighted by Gasteiger charge is 2.48. The number of carbonyl (C=O) groups excluding carboxylic acids is 2. The quantitative estimate of drug-likeness (QED) is 0.0543. The number of hydrogen-bond donors (Lipinski definition) is 2. The second-order valence-electron chi connectivity index (χ2n) is 14.9. The van der Waals surface area contributed by atoms with E-state index in [9.17, 15) is 19.8 Å². The fourth-order valence-corrected chi connectivity index (χ4v) is 7.50. The fourth-order valence-electron chi connectivity index (χ4n) is 7.50. The molecule has 0 saturated carbocycles. The van der Waals surface area contributed by atoms with Crippen LogP contribution in [0.4, 0.5) is 0 Å². The van der Waals surface area contributed by atoms with Gasteiger partial charge in [0.2, 0.25) is 0 Å². The van der Waals surface area contributed by atoms with Crippen molar-refractivity contribution in [1.29, 1.82) is 0 Å². The number of unbranched alkanes of at least 4 members (excludes halogenated alkanes) is 24. The number of ketones is 2. The van der Waals surface area contributed by atoms with E-state index in [1.165, 1.54) is 128 Å². The van der Waals surface area contributed by atoms with Crippen molar-refractivity contribution in [2.24, 2.45) is 0 Å². The summed E-state index contributed by atoms with van der Waals surface area (Å²) in [7, 11) is 3.69. The Morgan fingerprint density at radius 1 is 0.422 bits per heavy atom. The van der Waals surface area contributed by atoms with E-state index >= 15 is 0 Å². The maximum absolute atomic E-state index is 13.4. The van der Waals surface area contributed by atoms with Gasteiger partial charge in [-0.1, -0.05) is 168 Å². The average molecular weight is 639 g/mol. The number of likely N-dealkylation sites (N-methyl/N-ethyl adjacent to an activating group) is 1. The molecule has 0 fully saturated rings. The molecule has 0 saturated heterocycles. The van der Waals surface area contributed by atoms with Gasteiger partial charge >= 0.3 is 0 Å². The third-order valence-electron chi connectivity index (χ3n) is 10.1. The van der Waals surface area contributed by atoms with Crippen molar-refractivity contribution in [3.63, 3.8) is 0 Å². The smallest absolute Gasteiger partial charge is 0.192 e. The molecule has 0 aromatic heterocycles. The van der Waals surface area contributed by atoms with Crippen molar-refractivity contribution < 1.29 is 24.3 Å². The van der Waals surface area contributed by atoms with Crippen molar-refractivity contribution in [2.75, 3.05) is 14.1 Å². The Kier molecular flexibility index (Phi) is 28.9. The second-order valence-corrected chi connectivity index (χ2v) is 14.9. The number of Topliss-reactive ketones (excluding diaryl/α,β-unsaturated/α-hetero) is 2. The highest BCUT2D eigenvalue weighted by molar-refractivity contribution is 5.86. The first-order valence-electron chi connectivity index (χ1n) is 19.9. The Balaban J connectivity index is 4.40. The lowest BCUT2D eigenvalue weighted by atomic mass is 9.91. The minimum atomic E-state index is -0.875. The topological polar surface area (TPSA) is 74.6 Å². The van der Waals surface area contributed by atoms with Crippen LogP contribution in [-0.4, -0.2) is 64.6 Å². The largest absolute Gasteiger partial charge is 0.387 e. The first kappa shape index (κ1) is 44.2. The molecule has 45 heavy (non-hydrogen) atoms. The lowest BCUT2D eigenvalue weighted by Crippen LogP contribution is -2.67. The lowest BCUT2D eigenvalue weighted by Gasteiger charge is -2.45. The predicted octanol–water partition coefficient (Wildman–Crippen LogP) is 10.7. The van der Waals surface area contributed by atoms with Crippen LogP contribution in [0.1, 0.15) is 207 Å². The molecule has 0 aliphatic heterocycles. The zero-order valence-electron chi connectivity index (χ0n) is 31.3. The van der Waals surface area contributed by atoms with E-state index in [-0.39, 0.29) is 16.0 Å². The number of nitrogens with zero attached hydrogens (tertiary/aromatic N) is 1. The average Bonchev–Trinajstić information content (AvgIpc) is 2.97. The molecule has 0 rings (SSSR count). The van der Waals surface area contributed by atoms with Gasteiger partial charge in [0, 0.05) is 12.8 Å². The monoisotopic (exact) mass is 639 g/mol. The SMILES string of the molecule is CCCCCCCCCCCCCCCC(=O)C(C(C)O)[N+](C)(C)C(C(=O)CCCCCCCCCCCCCCC)C(C)O. The third-order valence-corrected chi connectivity index (χ3v) is 10.1. The molecule has 5 nitrogen and oxygen atoms in total. The van der Waals surface area contributed by atoms with Gasteiger partial charge in [-0.15, -0.1) is 0 Å². The van der Waals surface area contributed by atoms with Crippen LogP contribution in [0.2, 0.25) is 0 Å². The van der Waals surface area contributed by atoms with Gasteiger partial charge in [0.05, 0.1) is 14.1 Å². The number of aliphatic hydroxyl groups is 2. The summed E-state index contributed by atoms with van der Waals surface area (Å²) in [5, 5.41) is 21.4. The molecule has 0 radical (unpaired) electrons. The highest BCUT2D eigenvalue weighted by Crippen LogP contribution is 2.25. The van der Waals surface area contributed by atoms with E-state index in [2.05, 4.69) is 13.8 Å². The molecule has 268 valence electrons. The number of aliphatic hydroxyl groups excluding tert-OH is 2. The van der Waals surface area contributed by atoms with Crippen LogP contribution >= 0.6 is 0 Å². The molecule has 0 aromatic rings. The molecule has 0 amide bonds. The van der Waals surface area contributed by atoms with Crippen molar-refractivity contribution in [2.45, 2.75) is 232 Å². The van der Waals surface area contributed by atoms with Gasteiger partial charge < -0.3 is 14.7 Å². The fraction of sp³-hybridized carbons (Fsp3) is 0.950. The highest BCUT2D eigenvalue weighted by atomic mass is 16.3. The lowest BCUT2D eigenvalue weighted by molar-refractivity contribution is -0.927. The van der Waals surface area contributed by atoms with Gasteiger partial charge in [0.1, 0.15) is 12.2 Å². The predicted molar refractivity (Wildman–Crippen MR) is 194 cm³/mol. The number of hydrogen-bond acceptors (Lipinski definition) is 4. The van der Waals surface area contributed by atoms with E-state index in [0.717, 1.165) is 38.5 Å². The third kappa shape index (κ3) is 22.4. The van der Waals surface area contributed by atoms with Crippen LogP contribution < -0.4 is 0 Å². The van der Waals surface area contributed by atoms with Crippen LogP contribution in [0.5, 0.6) is 0 Å². The van der Waals surface area contributed by atoms with Gasteiger partial charge in [0.25, 0.3) is 0 Å². The van der Waals surface area contributed by atoms with E-state index in [1.807, 2.05) is 14.1 Å². The molecule has 2 N–H and O–H groups in total. The van der Waals surface area contributed by atoms with Crippen molar-refractivity contribution in [3.8, 4) is 0 Å². The van der Waals surface area contributed by atoms with Crippen LogP contribution in [0.15, 0.2) is 0 Å². The van der Waals surface area contributed by atoms with Gasteiger partial charge in [0.15, 0.2) is 23.7 Å². The Morgan fingerprint density at radius 3 is 0.822 bits per heavy atom. The van der Waals surface area contributed by atoms with Crippen LogP contribution in [0.3, 0.4) is 0 Å². The molecule has 0 aliphatic carbocycles. The molecule has 0 aromatic carbocycles. The Bertz CT molecular complexity index is 634. The number of rotatable bonds is 34. The summed E-state index contributed by atoms with van der Waals surface area (Å²) in [6, 6.07) is -1.42. The van der Waals surface area contributed by atoms with Gasteiger partial charge in [-0.3, -0.25) is 9.59 Å². The first-order valence-corrected chi connectivity index (χ1v) is 19.9. The van der Waals surface area contributed by atoms with E-state index < -0.39 is 24.3 Å². The summed E-state index contributed by atoms with van der Waals surface area (Å²) < 4.78 is 0.0177. The maximum Gasteiger partial charge on any atom is 0.192 e. The number of carbonyl (C=O) groups is 2. The van der Waals surface area contributed by atoms with Crippen LogP contribution in [-0.2, 0) is 9.59 Å². The summed E-state index contributed by atoms with van der Waals surface area (Å²) in [6.07, 6.45) is 31.8. The zero-order valence-corrected chi connectivity index (χ0v) is 31.3. The summed E-state index contributed by atoms with van der Waals surface area (Å²) >= 11 is 0. The molecule has 5 heteroatoms. The van der Waals surface area contributed by atoms with Crippen LogP contribution in [0, 0.1) is 0 Å². The van der Waals surface area contributed by atoms with E-state index in [1.54, 1.807) is 13.8 Å². The summed E-state index contributed by atoms with van der Waals surface area (Å²) in [6.45, 7) is 7.84. The normalized spacial score (nSPS) is 14.8. The molecule has 0 aliphatic rings. The number of quaternary nitrogens is 1. The molecular formula is C40H80NO4+. The summed E-state index contributed by atoms with van der Waals surface area (Å²) in [5.41, 5.74) is 0. The van der Waals surface area contributed by atoms with Crippen molar-refractivity contribution in [1.82, 2.24) is 0 Å². The maximum atomic E-state index is 13.4.